The molecule has 0 aliphatic heterocycles. The molecular weight excluding hydrogens is 244 g/mol. The smallest absolute Gasteiger partial charge is 0.275 e. The van der Waals surface area contributed by atoms with E-state index in [1.807, 2.05) is 18.2 Å². The van der Waals surface area contributed by atoms with Gasteiger partial charge in [-0.1, -0.05) is 12.1 Å². The van der Waals surface area contributed by atoms with Crippen molar-refractivity contribution in [3.63, 3.8) is 0 Å². The number of anilines is 1. The van der Waals surface area contributed by atoms with Crippen molar-refractivity contribution in [1.29, 1.82) is 0 Å². The fourth-order valence-corrected chi connectivity index (χ4v) is 1.84. The predicted octanol–water partition coefficient (Wildman–Crippen LogP) is 1.50. The number of carbonyl (C=O) groups is 1. The van der Waals surface area contributed by atoms with Crippen LogP contribution in [0, 0.1) is 0 Å². The van der Waals surface area contributed by atoms with Gasteiger partial charge in [0.25, 0.3) is 11.5 Å². The lowest BCUT2D eigenvalue weighted by molar-refractivity contribution is 0.102. The van der Waals surface area contributed by atoms with Crippen LogP contribution in [0.2, 0.25) is 0 Å². The molecule has 0 saturated heterocycles. The van der Waals surface area contributed by atoms with Gasteiger partial charge in [0.2, 0.25) is 0 Å². The number of hydrogen-bond acceptors (Lipinski definition) is 3. The molecule has 1 aromatic carbocycles. The third-order valence-electron chi connectivity index (χ3n) is 2.74. The molecule has 1 amide bonds. The maximum atomic E-state index is 12.0. The molecule has 19 heavy (non-hydrogen) atoms. The summed E-state index contributed by atoms with van der Waals surface area (Å²) in [6, 6.07) is 7.51. The number of nitrogens with one attached hydrogen (secondary N) is 3. The van der Waals surface area contributed by atoms with Gasteiger partial charge in [-0.05, 0) is 12.1 Å². The highest BCUT2D eigenvalue weighted by Gasteiger charge is 2.09. The summed E-state index contributed by atoms with van der Waals surface area (Å²) in [6.45, 7) is 0. The molecule has 0 fully saturated rings. The van der Waals surface area contributed by atoms with Crippen molar-refractivity contribution in [3.05, 3.63) is 58.9 Å². The van der Waals surface area contributed by atoms with Gasteiger partial charge in [0.05, 0.1) is 17.4 Å². The zero-order valence-electron chi connectivity index (χ0n) is 9.81. The van der Waals surface area contributed by atoms with Crippen LogP contribution in [0.3, 0.4) is 0 Å². The number of carbonyl (C=O) groups excluding carboxylic acids is 1. The van der Waals surface area contributed by atoms with E-state index in [2.05, 4.69) is 20.3 Å². The van der Waals surface area contributed by atoms with E-state index in [1.165, 1.54) is 6.20 Å². The molecule has 3 N–H and O–H groups in total. The molecule has 94 valence electrons. The molecule has 2 aromatic heterocycles. The first-order valence-corrected chi connectivity index (χ1v) is 5.66. The van der Waals surface area contributed by atoms with Gasteiger partial charge in [-0.15, -0.1) is 0 Å². The van der Waals surface area contributed by atoms with Gasteiger partial charge >= 0.3 is 0 Å². The number of H-pyrrole nitrogens is 2. The van der Waals surface area contributed by atoms with Crippen molar-refractivity contribution >= 4 is 22.5 Å². The number of aromatic amines is 2. The molecule has 2 heterocycles. The van der Waals surface area contributed by atoms with Crippen LogP contribution in [-0.4, -0.2) is 20.9 Å². The van der Waals surface area contributed by atoms with E-state index in [1.54, 1.807) is 12.3 Å². The fraction of sp³-hybridized carbons (Fsp3) is 0. The van der Waals surface area contributed by atoms with Crippen molar-refractivity contribution in [2.24, 2.45) is 0 Å². The minimum Gasteiger partial charge on any atom is -0.359 e. The standard InChI is InChI=1S/C13H10N4O2/c18-11-7-15-10(6-16-11)13(19)17-9-3-1-2-8-4-5-14-12(8)9/h1-7,14H,(H,16,18)(H,17,19). The van der Waals surface area contributed by atoms with Gasteiger partial charge in [0.15, 0.2) is 0 Å². The number of aromatic nitrogens is 3. The average molecular weight is 254 g/mol. The van der Waals surface area contributed by atoms with Crippen LogP contribution in [-0.2, 0) is 0 Å². The molecule has 3 rings (SSSR count). The minimum atomic E-state index is -0.377. The monoisotopic (exact) mass is 254 g/mol. The van der Waals surface area contributed by atoms with Crippen molar-refractivity contribution in [2.75, 3.05) is 5.32 Å². The lowest BCUT2D eigenvalue weighted by Crippen LogP contribution is -2.17. The molecule has 0 atom stereocenters. The number of hydrogen-bond donors (Lipinski definition) is 3. The molecule has 0 unspecified atom stereocenters. The van der Waals surface area contributed by atoms with Crippen molar-refractivity contribution < 1.29 is 4.79 Å². The van der Waals surface area contributed by atoms with E-state index < -0.39 is 0 Å². The first-order chi connectivity index (χ1) is 9.24. The van der Waals surface area contributed by atoms with Crippen LogP contribution in [0.4, 0.5) is 5.69 Å². The molecule has 0 bridgehead atoms. The van der Waals surface area contributed by atoms with Crippen LogP contribution in [0.25, 0.3) is 10.9 Å². The molecule has 3 aromatic rings. The zero-order chi connectivity index (χ0) is 13.2. The SMILES string of the molecule is O=C(Nc1cccc2cc[nH]c12)c1c[nH]c(=O)cn1. The Hall–Kier alpha value is -2.89. The first kappa shape index (κ1) is 11.2. The highest BCUT2D eigenvalue weighted by molar-refractivity contribution is 6.07. The molecular formula is C13H10N4O2. The molecule has 6 nitrogen and oxygen atoms in total. The predicted molar refractivity (Wildman–Crippen MR) is 71.1 cm³/mol. The largest absolute Gasteiger partial charge is 0.359 e. The summed E-state index contributed by atoms with van der Waals surface area (Å²) >= 11 is 0. The maximum Gasteiger partial charge on any atom is 0.275 e. The summed E-state index contributed by atoms with van der Waals surface area (Å²) in [5.41, 5.74) is 1.33. The van der Waals surface area contributed by atoms with Gasteiger partial charge in [-0.3, -0.25) is 9.59 Å². The Morgan fingerprint density at radius 2 is 2.11 bits per heavy atom. The quantitative estimate of drug-likeness (QED) is 0.647. The zero-order valence-corrected chi connectivity index (χ0v) is 9.81. The topological polar surface area (TPSA) is 90.6 Å². The van der Waals surface area contributed by atoms with E-state index in [4.69, 9.17) is 0 Å². The summed E-state index contributed by atoms with van der Waals surface area (Å²) in [5.74, 6) is -0.377. The van der Waals surface area contributed by atoms with Crippen LogP contribution >= 0.6 is 0 Å². The van der Waals surface area contributed by atoms with Gasteiger partial charge in [0, 0.05) is 17.8 Å². The average Bonchev–Trinajstić information content (AvgIpc) is 2.89. The number of nitrogens with zero attached hydrogens (tertiary/aromatic N) is 1. The van der Waals surface area contributed by atoms with Crippen molar-refractivity contribution in [1.82, 2.24) is 15.0 Å². The Bertz CT molecular complexity index is 783. The summed E-state index contributed by atoms with van der Waals surface area (Å²) in [5, 5.41) is 3.76. The number of rotatable bonds is 2. The van der Waals surface area contributed by atoms with E-state index in [0.717, 1.165) is 17.1 Å². The highest BCUT2D eigenvalue weighted by atomic mass is 16.2. The second-order valence-corrected chi connectivity index (χ2v) is 4.00. The van der Waals surface area contributed by atoms with Crippen LogP contribution < -0.4 is 10.9 Å². The van der Waals surface area contributed by atoms with E-state index in [-0.39, 0.29) is 17.2 Å². The summed E-state index contributed by atoms with van der Waals surface area (Å²) in [7, 11) is 0. The van der Waals surface area contributed by atoms with Gasteiger partial charge in [-0.25, -0.2) is 4.98 Å². The van der Waals surface area contributed by atoms with E-state index >= 15 is 0 Å². The second kappa shape index (κ2) is 4.41. The first-order valence-electron chi connectivity index (χ1n) is 5.66. The molecule has 0 saturated carbocycles. The third kappa shape index (κ3) is 2.11. The minimum absolute atomic E-state index is 0.156. The van der Waals surface area contributed by atoms with Gasteiger partial charge in [0.1, 0.15) is 5.69 Å². The Labute approximate surface area is 107 Å². The number of amides is 1. The highest BCUT2D eigenvalue weighted by Crippen LogP contribution is 2.21. The summed E-state index contributed by atoms with van der Waals surface area (Å²) in [6.07, 6.45) is 4.16. The van der Waals surface area contributed by atoms with Crippen LogP contribution in [0.1, 0.15) is 10.5 Å². The Kier molecular flexibility index (Phi) is 2.60. The van der Waals surface area contributed by atoms with Crippen LogP contribution in [0.5, 0.6) is 0 Å². The molecule has 0 radical (unpaired) electrons. The normalized spacial score (nSPS) is 10.5. The fourth-order valence-electron chi connectivity index (χ4n) is 1.84. The Balaban J connectivity index is 1.92. The van der Waals surface area contributed by atoms with Gasteiger partial charge in [-0.2, -0.15) is 0 Å². The number of para-hydroxylation sites is 1. The molecule has 0 spiro atoms. The third-order valence-corrected chi connectivity index (χ3v) is 2.74. The molecule has 0 aliphatic carbocycles. The van der Waals surface area contributed by atoms with Crippen molar-refractivity contribution in [2.45, 2.75) is 0 Å². The van der Waals surface area contributed by atoms with Gasteiger partial charge < -0.3 is 15.3 Å². The van der Waals surface area contributed by atoms with Crippen molar-refractivity contribution in [3.8, 4) is 0 Å². The number of fused-ring (bicyclic) bond motifs is 1. The Morgan fingerprint density at radius 3 is 2.89 bits per heavy atom. The lowest BCUT2D eigenvalue weighted by Gasteiger charge is -2.05. The second-order valence-electron chi connectivity index (χ2n) is 4.00. The van der Waals surface area contributed by atoms with E-state index in [9.17, 15) is 9.59 Å². The Morgan fingerprint density at radius 1 is 1.21 bits per heavy atom. The van der Waals surface area contributed by atoms with E-state index in [0.29, 0.717) is 5.69 Å². The lowest BCUT2D eigenvalue weighted by atomic mass is 10.2. The van der Waals surface area contributed by atoms with Crippen LogP contribution in [0.15, 0.2) is 47.7 Å². The summed E-state index contributed by atoms with van der Waals surface area (Å²) < 4.78 is 0. The number of benzene rings is 1. The molecule has 6 heteroatoms. The maximum absolute atomic E-state index is 12.0. The summed E-state index contributed by atoms with van der Waals surface area (Å²) in [4.78, 5) is 32.1. The molecule has 0 aliphatic rings.